The van der Waals surface area contributed by atoms with Crippen molar-refractivity contribution in [3.63, 3.8) is 0 Å². The second kappa shape index (κ2) is 7.70. The quantitative estimate of drug-likeness (QED) is 0.620. The maximum absolute atomic E-state index is 12.7. The first-order chi connectivity index (χ1) is 12.6. The number of methoxy groups -OCH3 is 2. The average Bonchev–Trinajstić information content (AvgIpc) is 2.73. The third-order valence-corrected chi connectivity index (χ3v) is 4.92. The van der Waals surface area contributed by atoms with E-state index in [1.54, 1.807) is 0 Å². The topological polar surface area (TPSA) is 61.8 Å². The lowest BCUT2D eigenvalue weighted by Crippen LogP contribution is -2.49. The molecule has 0 spiro atoms. The van der Waals surface area contributed by atoms with Gasteiger partial charge in [-0.3, -0.25) is 9.59 Å². The Morgan fingerprint density at radius 3 is 1.88 bits per heavy atom. The van der Waals surface area contributed by atoms with E-state index in [9.17, 15) is 9.59 Å². The van der Waals surface area contributed by atoms with Gasteiger partial charge in [0.1, 0.15) is 6.10 Å². The lowest BCUT2D eigenvalue weighted by Gasteiger charge is -2.42. The van der Waals surface area contributed by atoms with Crippen molar-refractivity contribution >= 4 is 11.9 Å². The van der Waals surface area contributed by atoms with Crippen molar-refractivity contribution in [1.29, 1.82) is 0 Å². The summed E-state index contributed by atoms with van der Waals surface area (Å²) in [6.45, 7) is 0. The second-order valence-electron chi connectivity index (χ2n) is 6.32. The van der Waals surface area contributed by atoms with Gasteiger partial charge in [0.2, 0.25) is 0 Å². The Hall–Kier alpha value is -2.66. The summed E-state index contributed by atoms with van der Waals surface area (Å²) >= 11 is 0. The van der Waals surface area contributed by atoms with Crippen LogP contribution in [0.1, 0.15) is 36.2 Å². The molecule has 1 heterocycles. The number of hydrogen-bond donors (Lipinski definition) is 0. The van der Waals surface area contributed by atoms with Crippen LogP contribution in [-0.2, 0) is 23.8 Å². The molecule has 2 atom stereocenters. The van der Waals surface area contributed by atoms with E-state index in [2.05, 4.69) is 0 Å². The second-order valence-corrected chi connectivity index (χ2v) is 6.32. The zero-order valence-electron chi connectivity index (χ0n) is 14.9. The molecule has 0 aliphatic carbocycles. The molecule has 5 heteroatoms. The van der Waals surface area contributed by atoms with Crippen molar-refractivity contribution in [2.75, 3.05) is 14.2 Å². The van der Waals surface area contributed by atoms with Crippen molar-refractivity contribution in [1.82, 2.24) is 0 Å². The number of ether oxygens (including phenoxy) is 3. The number of benzene rings is 2. The van der Waals surface area contributed by atoms with Crippen LogP contribution in [0.4, 0.5) is 0 Å². The van der Waals surface area contributed by atoms with Crippen molar-refractivity contribution in [2.24, 2.45) is 5.41 Å². The average molecular weight is 354 g/mol. The van der Waals surface area contributed by atoms with E-state index < -0.39 is 23.5 Å². The molecular weight excluding hydrogens is 332 g/mol. The highest BCUT2D eigenvalue weighted by Gasteiger charge is 2.58. The van der Waals surface area contributed by atoms with Crippen LogP contribution >= 0.6 is 0 Å². The molecule has 0 radical (unpaired) electrons. The predicted molar refractivity (Wildman–Crippen MR) is 95.2 cm³/mol. The van der Waals surface area contributed by atoms with Crippen LogP contribution < -0.4 is 0 Å². The highest BCUT2D eigenvalue weighted by atomic mass is 16.6. The van der Waals surface area contributed by atoms with Gasteiger partial charge in [0, 0.05) is 0 Å². The molecule has 0 saturated carbocycles. The lowest BCUT2D eigenvalue weighted by molar-refractivity contribution is -0.199. The summed E-state index contributed by atoms with van der Waals surface area (Å²) in [6.07, 6.45) is -0.213. The molecule has 5 nitrogen and oxygen atoms in total. The zero-order chi connectivity index (χ0) is 18.6. The zero-order valence-corrected chi connectivity index (χ0v) is 14.9. The van der Waals surface area contributed by atoms with E-state index >= 15 is 0 Å². The van der Waals surface area contributed by atoms with Crippen LogP contribution in [0.3, 0.4) is 0 Å². The van der Waals surface area contributed by atoms with E-state index in [1.165, 1.54) is 14.2 Å². The summed E-state index contributed by atoms with van der Waals surface area (Å²) in [5, 5.41) is 0. The molecule has 0 unspecified atom stereocenters. The lowest BCUT2D eigenvalue weighted by atomic mass is 9.72. The fourth-order valence-corrected chi connectivity index (χ4v) is 3.61. The van der Waals surface area contributed by atoms with E-state index in [0.29, 0.717) is 6.42 Å². The Kier molecular flexibility index (Phi) is 5.38. The van der Waals surface area contributed by atoms with Gasteiger partial charge < -0.3 is 14.2 Å². The third kappa shape index (κ3) is 3.10. The first-order valence-electron chi connectivity index (χ1n) is 8.55. The number of hydrogen-bond acceptors (Lipinski definition) is 5. The van der Waals surface area contributed by atoms with E-state index in [-0.39, 0.29) is 12.5 Å². The maximum atomic E-state index is 12.7. The molecule has 0 amide bonds. The summed E-state index contributed by atoms with van der Waals surface area (Å²) in [5.74, 6) is -1.27. The van der Waals surface area contributed by atoms with Crippen LogP contribution in [0, 0.1) is 5.41 Å². The van der Waals surface area contributed by atoms with Crippen LogP contribution in [0.25, 0.3) is 0 Å². The Morgan fingerprint density at radius 2 is 1.38 bits per heavy atom. The molecule has 1 fully saturated rings. The summed E-state index contributed by atoms with van der Waals surface area (Å²) in [7, 11) is 2.55. The Bertz CT molecular complexity index is 740. The molecule has 3 rings (SSSR count). The standard InChI is InChI=1S/C21H22O5/c1-24-19(22)21(20(23)25-2)14-13-17(15-9-5-3-6-10-15)26-18(21)16-11-7-4-8-12-16/h3-12,17-18H,13-14H2,1-2H3/t17-,18-/m1/s1. The molecule has 1 aliphatic rings. The molecule has 136 valence electrons. The van der Waals surface area contributed by atoms with E-state index in [1.807, 2.05) is 60.7 Å². The molecule has 1 aliphatic heterocycles. The normalized spacial score (nSPS) is 21.6. The van der Waals surface area contributed by atoms with Crippen molar-refractivity contribution < 1.29 is 23.8 Å². The monoisotopic (exact) mass is 354 g/mol. The largest absolute Gasteiger partial charge is 0.468 e. The van der Waals surface area contributed by atoms with Gasteiger partial charge in [-0.25, -0.2) is 0 Å². The van der Waals surface area contributed by atoms with E-state index in [4.69, 9.17) is 14.2 Å². The number of rotatable bonds is 4. The third-order valence-electron chi connectivity index (χ3n) is 4.92. The highest BCUT2D eigenvalue weighted by Crippen LogP contribution is 2.51. The van der Waals surface area contributed by atoms with Crippen molar-refractivity contribution in [2.45, 2.75) is 25.0 Å². The molecule has 26 heavy (non-hydrogen) atoms. The highest BCUT2D eigenvalue weighted by molar-refractivity contribution is 6.01. The minimum absolute atomic E-state index is 0.219. The minimum Gasteiger partial charge on any atom is -0.468 e. The molecule has 1 saturated heterocycles. The Morgan fingerprint density at radius 1 is 0.885 bits per heavy atom. The SMILES string of the molecule is COC(=O)C1(C(=O)OC)CC[C@H](c2ccccc2)O[C@@H]1c1ccccc1. The smallest absolute Gasteiger partial charge is 0.326 e. The molecular formula is C21H22O5. The first kappa shape index (κ1) is 18.1. The van der Waals surface area contributed by atoms with Crippen LogP contribution in [0.5, 0.6) is 0 Å². The van der Waals surface area contributed by atoms with Gasteiger partial charge in [0.15, 0.2) is 5.41 Å². The van der Waals surface area contributed by atoms with Gasteiger partial charge in [0.05, 0.1) is 20.3 Å². The van der Waals surface area contributed by atoms with Crippen molar-refractivity contribution in [3.05, 3.63) is 71.8 Å². The number of esters is 2. The summed E-state index contributed by atoms with van der Waals surface area (Å²) in [5.41, 5.74) is 0.233. The fourth-order valence-electron chi connectivity index (χ4n) is 3.61. The Balaban J connectivity index is 2.06. The fraction of sp³-hybridized carbons (Fsp3) is 0.333. The van der Waals surface area contributed by atoms with Gasteiger partial charge in [-0.05, 0) is 24.0 Å². The Labute approximate surface area is 152 Å². The van der Waals surface area contributed by atoms with E-state index in [0.717, 1.165) is 11.1 Å². The predicted octanol–water partition coefficient (Wildman–Crippen LogP) is 3.61. The summed E-state index contributed by atoms with van der Waals surface area (Å²) in [6, 6.07) is 19.1. The van der Waals surface area contributed by atoms with Crippen LogP contribution in [-0.4, -0.2) is 26.2 Å². The van der Waals surface area contributed by atoms with Gasteiger partial charge in [-0.1, -0.05) is 60.7 Å². The van der Waals surface area contributed by atoms with Crippen LogP contribution in [0.15, 0.2) is 60.7 Å². The molecule has 2 aromatic rings. The number of carbonyl (C=O) groups excluding carboxylic acids is 2. The maximum Gasteiger partial charge on any atom is 0.326 e. The van der Waals surface area contributed by atoms with Gasteiger partial charge in [-0.2, -0.15) is 0 Å². The van der Waals surface area contributed by atoms with Gasteiger partial charge in [-0.15, -0.1) is 0 Å². The van der Waals surface area contributed by atoms with Gasteiger partial charge in [0.25, 0.3) is 0 Å². The molecule has 2 aromatic carbocycles. The minimum atomic E-state index is -1.52. The summed E-state index contributed by atoms with van der Waals surface area (Å²) < 4.78 is 16.3. The molecule has 0 aromatic heterocycles. The van der Waals surface area contributed by atoms with Crippen LogP contribution in [0.2, 0.25) is 0 Å². The molecule has 0 N–H and O–H groups in total. The molecule has 0 bridgehead atoms. The first-order valence-corrected chi connectivity index (χ1v) is 8.55. The van der Waals surface area contributed by atoms with Crippen molar-refractivity contribution in [3.8, 4) is 0 Å². The number of carbonyl (C=O) groups is 2. The summed E-state index contributed by atoms with van der Waals surface area (Å²) in [4.78, 5) is 25.4. The van der Waals surface area contributed by atoms with Gasteiger partial charge >= 0.3 is 11.9 Å².